The first-order valence-electron chi connectivity index (χ1n) is 9.23. The van der Waals surface area contributed by atoms with Gasteiger partial charge in [0.25, 0.3) is 0 Å². The zero-order chi connectivity index (χ0) is 20.9. The lowest BCUT2D eigenvalue weighted by Gasteiger charge is -2.08. The Bertz CT molecular complexity index is 1190. The van der Waals surface area contributed by atoms with Gasteiger partial charge in [-0.15, -0.1) is 0 Å². The van der Waals surface area contributed by atoms with E-state index in [1.165, 1.54) is 11.8 Å². The number of benzene rings is 2. The highest BCUT2D eigenvalue weighted by Gasteiger charge is 2.14. The Morgan fingerprint density at radius 1 is 1.07 bits per heavy atom. The first kappa shape index (κ1) is 19.8. The number of aromatic nitrogens is 4. The third kappa shape index (κ3) is 4.57. The van der Waals surface area contributed by atoms with Gasteiger partial charge in [-0.25, -0.2) is 9.97 Å². The lowest BCUT2D eigenvalue weighted by Crippen LogP contribution is -2.15. The molecule has 0 atom stereocenters. The number of methoxy groups -OCH3 is 1. The fourth-order valence-electron chi connectivity index (χ4n) is 2.85. The number of rotatable bonds is 7. The molecule has 0 radical (unpaired) electrons. The smallest absolute Gasteiger partial charge is 0.237 e. The van der Waals surface area contributed by atoms with Crippen LogP contribution in [0.5, 0.6) is 5.75 Å². The van der Waals surface area contributed by atoms with Crippen molar-refractivity contribution in [3.63, 3.8) is 0 Å². The number of carbonyl (C=O) groups is 1. The van der Waals surface area contributed by atoms with Crippen molar-refractivity contribution in [2.24, 2.45) is 0 Å². The van der Waals surface area contributed by atoms with Crippen LogP contribution < -0.4 is 10.1 Å². The van der Waals surface area contributed by atoms with Crippen molar-refractivity contribution in [2.75, 3.05) is 12.4 Å². The molecule has 0 aliphatic rings. The van der Waals surface area contributed by atoms with Gasteiger partial charge in [-0.1, -0.05) is 41.2 Å². The molecule has 30 heavy (non-hydrogen) atoms. The maximum absolute atomic E-state index is 12.3. The van der Waals surface area contributed by atoms with Crippen LogP contribution in [0.15, 0.2) is 58.1 Å². The summed E-state index contributed by atoms with van der Waals surface area (Å²) in [6.07, 6.45) is 0.00102. The summed E-state index contributed by atoms with van der Waals surface area (Å²) >= 11 is 1.47. The number of amides is 1. The van der Waals surface area contributed by atoms with Crippen LogP contribution in [0.4, 0.5) is 5.69 Å². The minimum absolute atomic E-state index is 0.00102. The summed E-state index contributed by atoms with van der Waals surface area (Å²) in [5.74, 6) is 1.52. The summed E-state index contributed by atoms with van der Waals surface area (Å²) in [5, 5.41) is 7.50. The maximum Gasteiger partial charge on any atom is 0.237 e. The van der Waals surface area contributed by atoms with Crippen LogP contribution in [0.3, 0.4) is 0 Å². The molecule has 0 aliphatic heterocycles. The zero-order valence-corrected chi connectivity index (χ0v) is 17.3. The summed E-state index contributed by atoms with van der Waals surface area (Å²) in [6, 6.07) is 14.9. The van der Waals surface area contributed by atoms with E-state index in [4.69, 9.17) is 9.26 Å². The van der Waals surface area contributed by atoms with Crippen LogP contribution >= 0.6 is 11.8 Å². The van der Waals surface area contributed by atoms with Crippen molar-refractivity contribution in [3.8, 4) is 5.75 Å². The molecule has 4 rings (SSSR count). The Labute approximate surface area is 177 Å². The Morgan fingerprint density at radius 2 is 1.80 bits per heavy atom. The van der Waals surface area contributed by atoms with E-state index in [1.54, 1.807) is 19.2 Å². The molecule has 0 bridgehead atoms. The van der Waals surface area contributed by atoms with E-state index in [-0.39, 0.29) is 12.3 Å². The maximum atomic E-state index is 12.3. The second kappa shape index (κ2) is 8.91. The van der Waals surface area contributed by atoms with Crippen LogP contribution in [-0.2, 0) is 17.0 Å². The van der Waals surface area contributed by atoms with Crippen molar-refractivity contribution < 1.29 is 14.1 Å². The first-order chi connectivity index (χ1) is 14.6. The number of ether oxygens (including phenoxy) is 1. The molecule has 0 saturated carbocycles. The van der Waals surface area contributed by atoms with Gasteiger partial charge in [0.2, 0.25) is 11.8 Å². The Hall–Kier alpha value is -3.46. The molecule has 0 spiro atoms. The van der Waals surface area contributed by atoms with Crippen LogP contribution in [0, 0.1) is 6.92 Å². The van der Waals surface area contributed by atoms with Crippen LogP contribution in [0.1, 0.15) is 17.4 Å². The van der Waals surface area contributed by atoms with Crippen molar-refractivity contribution in [1.29, 1.82) is 0 Å². The molecule has 1 amide bonds. The summed E-state index contributed by atoms with van der Waals surface area (Å²) in [5.41, 5.74) is 3.13. The standard InChI is InChI=1S/C21H19N5O3S/c1-13-21(24-15-8-4-3-7-14(15)22-13)30-12-20-25-18(26-29-20)11-19(27)23-16-9-5-6-10-17(16)28-2/h3-10H,11-12H2,1-2H3,(H,23,27). The van der Waals surface area contributed by atoms with E-state index in [0.29, 0.717) is 28.9 Å². The molecule has 0 saturated heterocycles. The van der Waals surface area contributed by atoms with Crippen molar-refractivity contribution >= 4 is 34.4 Å². The number of nitrogens with one attached hydrogen (secondary N) is 1. The third-order valence-corrected chi connectivity index (χ3v) is 5.30. The van der Waals surface area contributed by atoms with E-state index in [2.05, 4.69) is 25.4 Å². The molecular formula is C21H19N5O3S. The Morgan fingerprint density at radius 3 is 2.60 bits per heavy atom. The number of carbonyl (C=O) groups excluding carboxylic acids is 1. The second-order valence-corrected chi connectivity index (χ2v) is 7.39. The third-order valence-electron chi connectivity index (χ3n) is 4.24. The number of anilines is 1. The van der Waals surface area contributed by atoms with Gasteiger partial charge in [0.05, 0.1) is 41.7 Å². The van der Waals surface area contributed by atoms with Gasteiger partial charge < -0.3 is 14.6 Å². The quantitative estimate of drug-likeness (QED) is 0.450. The van der Waals surface area contributed by atoms with Gasteiger partial charge in [0.1, 0.15) is 10.8 Å². The average molecular weight is 421 g/mol. The fourth-order valence-corrected chi connectivity index (χ4v) is 3.64. The molecule has 8 nitrogen and oxygen atoms in total. The minimum atomic E-state index is -0.254. The molecular weight excluding hydrogens is 402 g/mol. The van der Waals surface area contributed by atoms with Gasteiger partial charge >= 0.3 is 0 Å². The molecule has 2 heterocycles. The molecule has 0 unspecified atom stereocenters. The summed E-state index contributed by atoms with van der Waals surface area (Å²) in [6.45, 7) is 1.92. The van der Waals surface area contributed by atoms with E-state index < -0.39 is 0 Å². The van der Waals surface area contributed by atoms with E-state index in [0.717, 1.165) is 21.8 Å². The normalized spacial score (nSPS) is 10.9. The van der Waals surface area contributed by atoms with Crippen LogP contribution in [0.25, 0.3) is 11.0 Å². The number of thioether (sulfide) groups is 1. The Kier molecular flexibility index (Phi) is 5.89. The molecule has 2 aromatic carbocycles. The zero-order valence-electron chi connectivity index (χ0n) is 16.5. The second-order valence-electron chi connectivity index (χ2n) is 6.42. The predicted octanol–water partition coefficient (Wildman–Crippen LogP) is 3.80. The molecule has 2 aromatic heterocycles. The SMILES string of the molecule is COc1ccccc1NC(=O)Cc1noc(CSc2nc3ccccc3nc2C)n1. The number of nitrogens with zero attached hydrogens (tertiary/aromatic N) is 4. The topological polar surface area (TPSA) is 103 Å². The highest BCUT2D eigenvalue weighted by atomic mass is 32.2. The highest BCUT2D eigenvalue weighted by molar-refractivity contribution is 7.98. The molecule has 0 aliphatic carbocycles. The Balaban J connectivity index is 1.37. The lowest BCUT2D eigenvalue weighted by atomic mass is 10.2. The summed E-state index contributed by atoms with van der Waals surface area (Å²) in [4.78, 5) is 25.8. The number of hydrogen-bond acceptors (Lipinski definition) is 8. The predicted molar refractivity (Wildman–Crippen MR) is 113 cm³/mol. The number of fused-ring (bicyclic) bond motifs is 1. The minimum Gasteiger partial charge on any atom is -0.495 e. The average Bonchev–Trinajstić information content (AvgIpc) is 3.19. The number of para-hydroxylation sites is 4. The van der Waals surface area contributed by atoms with Gasteiger partial charge in [-0.3, -0.25) is 4.79 Å². The summed E-state index contributed by atoms with van der Waals surface area (Å²) < 4.78 is 10.5. The van der Waals surface area contributed by atoms with Crippen LogP contribution in [0.2, 0.25) is 0 Å². The fraction of sp³-hybridized carbons (Fsp3) is 0.190. The van der Waals surface area contributed by atoms with Gasteiger partial charge in [0.15, 0.2) is 5.82 Å². The van der Waals surface area contributed by atoms with Crippen molar-refractivity contribution in [2.45, 2.75) is 24.1 Å². The largest absolute Gasteiger partial charge is 0.495 e. The van der Waals surface area contributed by atoms with Crippen LogP contribution in [-0.4, -0.2) is 33.1 Å². The van der Waals surface area contributed by atoms with E-state index in [9.17, 15) is 4.79 Å². The molecule has 1 N–H and O–H groups in total. The van der Waals surface area contributed by atoms with Gasteiger partial charge in [-0.05, 0) is 31.2 Å². The van der Waals surface area contributed by atoms with Gasteiger partial charge in [0, 0.05) is 0 Å². The van der Waals surface area contributed by atoms with Crippen molar-refractivity contribution in [3.05, 3.63) is 65.9 Å². The lowest BCUT2D eigenvalue weighted by molar-refractivity contribution is -0.115. The molecule has 4 aromatic rings. The number of hydrogen-bond donors (Lipinski definition) is 1. The molecule has 152 valence electrons. The van der Waals surface area contributed by atoms with Gasteiger partial charge in [-0.2, -0.15) is 4.98 Å². The molecule has 9 heteroatoms. The summed E-state index contributed by atoms with van der Waals surface area (Å²) in [7, 11) is 1.55. The van der Waals surface area contributed by atoms with E-state index >= 15 is 0 Å². The number of aryl methyl sites for hydroxylation is 1. The highest BCUT2D eigenvalue weighted by Crippen LogP contribution is 2.25. The molecule has 0 fully saturated rings. The monoisotopic (exact) mass is 421 g/mol. The van der Waals surface area contributed by atoms with Crippen molar-refractivity contribution in [1.82, 2.24) is 20.1 Å². The first-order valence-corrected chi connectivity index (χ1v) is 10.2. The van der Waals surface area contributed by atoms with E-state index in [1.807, 2.05) is 43.3 Å².